The van der Waals surface area contributed by atoms with Crippen molar-refractivity contribution in [3.8, 4) is 0 Å². The van der Waals surface area contributed by atoms with Crippen LogP contribution in [0.2, 0.25) is 0 Å². The van der Waals surface area contributed by atoms with Crippen LogP contribution in [-0.2, 0) is 33.6 Å². The van der Waals surface area contributed by atoms with E-state index in [0.29, 0.717) is 0 Å². The van der Waals surface area contributed by atoms with E-state index >= 15 is 4.39 Å². The van der Waals surface area contributed by atoms with Crippen molar-refractivity contribution in [2.45, 2.75) is 37.1 Å². The Morgan fingerprint density at radius 3 is 2.87 bits per heavy atom. The molecule has 8 atom stereocenters. The summed E-state index contributed by atoms with van der Waals surface area (Å²) in [4.78, 5) is 34.9. The number of H-pyrrole nitrogens is 1. The highest BCUT2D eigenvalue weighted by Crippen LogP contribution is 2.51. The first-order valence-electron chi connectivity index (χ1n) is 11.7. The Labute approximate surface area is 219 Å². The first kappa shape index (κ1) is 24.8. The van der Waals surface area contributed by atoms with Crippen molar-refractivity contribution < 1.29 is 32.0 Å². The second kappa shape index (κ2) is 9.16. The molecule has 4 aromatic rings. The number of nitrogens with zero attached hydrogens (tertiary/aromatic N) is 7. The molecule has 39 heavy (non-hydrogen) atoms. The fraction of sp³-hybridized carbons (Fsp3) is 0.474. The molecule has 3 fully saturated rings. The van der Waals surface area contributed by atoms with Crippen LogP contribution in [0, 0.1) is 5.92 Å². The minimum Gasteiger partial charge on any atom is -0.382 e. The number of aromatic amines is 1. The Bertz CT molecular complexity index is 1670. The van der Waals surface area contributed by atoms with E-state index < -0.39 is 50.4 Å². The molecule has 20 heteroatoms. The third-order valence-electron chi connectivity index (χ3n) is 6.76. The summed E-state index contributed by atoms with van der Waals surface area (Å²) < 4.78 is 60.3. The van der Waals surface area contributed by atoms with E-state index in [1.165, 1.54) is 23.5 Å². The smallest absolute Gasteiger partial charge is 0.382 e. The summed E-state index contributed by atoms with van der Waals surface area (Å²) in [5.41, 5.74) is 11.6. The van der Waals surface area contributed by atoms with Crippen LogP contribution < -0.4 is 17.0 Å². The highest BCUT2D eigenvalue weighted by molar-refractivity contribution is 7.33. The fourth-order valence-corrected chi connectivity index (χ4v) is 6.78. The molecule has 7 rings (SSSR count). The van der Waals surface area contributed by atoms with E-state index in [9.17, 15) is 9.36 Å². The molecule has 2 bridgehead atoms. The van der Waals surface area contributed by atoms with Gasteiger partial charge in [-0.05, 0) is 0 Å². The molecule has 3 saturated heterocycles. The first-order valence-corrected chi connectivity index (χ1v) is 13.9. The van der Waals surface area contributed by atoms with Gasteiger partial charge in [0, 0.05) is 26.0 Å². The molecule has 5 N–H and O–H groups in total. The molecule has 0 aliphatic carbocycles. The predicted molar refractivity (Wildman–Crippen MR) is 131 cm³/mol. The third kappa shape index (κ3) is 3.98. The van der Waals surface area contributed by atoms with E-state index in [2.05, 4.69) is 29.9 Å². The van der Waals surface area contributed by atoms with Crippen LogP contribution in [0.15, 0.2) is 23.8 Å². The van der Waals surface area contributed by atoms with Crippen LogP contribution in [0.1, 0.15) is 12.6 Å². The molecule has 3 aliphatic heterocycles. The molecule has 3 aliphatic rings. The Kier molecular flexibility index (Phi) is 5.82. The number of nitrogen functional groups attached to an aromatic ring is 2. The lowest BCUT2D eigenvalue weighted by atomic mass is 9.94. The summed E-state index contributed by atoms with van der Waals surface area (Å²) in [7, 11) is -2.88. The van der Waals surface area contributed by atoms with Crippen LogP contribution >= 0.6 is 17.1 Å². The average Bonchev–Trinajstić information content (AvgIpc) is 3.61. The maximum atomic E-state index is 16.2. The standard InChI is InChI=1S/C19H19FN10O7P2/c20-19(30-6-26-11-13(21)23-4-24-14(11)30)7-3-38-36-10-1-8(37-39(32)33-2-9(7)35-19)17(34-10)29-5-25-12-15(29)27-18(22)28-16(12)31/h4-10,17,38H,1-3H2,(H4-,21,22,23,24,27,28,31)/p+1/t7?,8-,9?,10+,17?,19?/m0/s1. The summed E-state index contributed by atoms with van der Waals surface area (Å²) in [6.07, 6.45) is 0.936. The summed E-state index contributed by atoms with van der Waals surface area (Å²) >= 11 is 0. The second-order valence-electron chi connectivity index (χ2n) is 9.01. The average molecular weight is 581 g/mol. The number of ether oxygens (including phenoxy) is 2. The molecule has 0 radical (unpaired) electrons. The molecule has 6 unspecified atom stereocenters. The Morgan fingerprint density at radius 1 is 1.15 bits per heavy atom. The number of imidazole rings is 2. The molecule has 7 heterocycles. The molecule has 0 aromatic carbocycles. The van der Waals surface area contributed by atoms with Crippen molar-refractivity contribution in [3.63, 3.8) is 0 Å². The van der Waals surface area contributed by atoms with E-state index in [1.807, 2.05) is 0 Å². The Morgan fingerprint density at radius 2 is 2.00 bits per heavy atom. The molecular weight excluding hydrogens is 561 g/mol. The topological polar surface area (TPSA) is 222 Å². The van der Waals surface area contributed by atoms with Crippen LogP contribution in [0.5, 0.6) is 0 Å². The van der Waals surface area contributed by atoms with Crippen molar-refractivity contribution in [2.24, 2.45) is 5.92 Å². The summed E-state index contributed by atoms with van der Waals surface area (Å²) in [6, 6.07) is 0. The van der Waals surface area contributed by atoms with Crippen LogP contribution in [0.3, 0.4) is 0 Å². The predicted octanol–water partition coefficient (Wildman–Crippen LogP) is 0.647. The summed E-state index contributed by atoms with van der Waals surface area (Å²) in [6.45, 7) is -0.205. The number of rotatable bonds is 2. The lowest BCUT2D eigenvalue weighted by molar-refractivity contribution is -0.375. The van der Waals surface area contributed by atoms with Crippen LogP contribution in [0.4, 0.5) is 16.2 Å². The Hall–Kier alpha value is -3.24. The van der Waals surface area contributed by atoms with Gasteiger partial charge in [-0.1, -0.05) is 0 Å². The summed E-state index contributed by atoms with van der Waals surface area (Å²) in [5.74, 6) is -3.09. The molecule has 0 amide bonds. The van der Waals surface area contributed by atoms with E-state index in [0.717, 1.165) is 4.57 Å². The maximum absolute atomic E-state index is 16.2. The van der Waals surface area contributed by atoms with Crippen LogP contribution in [-0.4, -0.2) is 70.3 Å². The quantitative estimate of drug-likeness (QED) is 0.277. The number of hydrogen-bond acceptors (Lipinski definition) is 14. The fourth-order valence-electron chi connectivity index (χ4n) is 4.91. The molecule has 4 aromatic heterocycles. The lowest BCUT2D eigenvalue weighted by Gasteiger charge is -2.48. The molecule has 0 saturated carbocycles. The van der Waals surface area contributed by atoms with Gasteiger partial charge in [0.1, 0.15) is 30.9 Å². The highest BCUT2D eigenvalue weighted by atomic mass is 31.1. The molecule has 0 spiro atoms. The molecule has 17 nitrogen and oxygen atoms in total. The van der Waals surface area contributed by atoms with Gasteiger partial charge in [0.2, 0.25) is 5.95 Å². The van der Waals surface area contributed by atoms with E-state index in [-0.39, 0.29) is 62.1 Å². The number of nitrogens with one attached hydrogen (secondary N) is 1. The van der Waals surface area contributed by atoms with Gasteiger partial charge < -0.3 is 25.5 Å². The normalized spacial score (nSPS) is 33.1. The minimum atomic E-state index is -2.67. The van der Waals surface area contributed by atoms with Crippen LogP contribution in [0.25, 0.3) is 22.3 Å². The van der Waals surface area contributed by atoms with Gasteiger partial charge in [0.25, 0.3) is 5.56 Å². The third-order valence-corrected chi connectivity index (χ3v) is 8.59. The largest absolute Gasteiger partial charge is 0.697 e. The van der Waals surface area contributed by atoms with Gasteiger partial charge in [-0.3, -0.25) is 18.9 Å². The maximum Gasteiger partial charge on any atom is 0.697 e. The first-order chi connectivity index (χ1) is 18.8. The van der Waals surface area contributed by atoms with Gasteiger partial charge >= 0.3 is 14.2 Å². The van der Waals surface area contributed by atoms with Crippen molar-refractivity contribution in [2.75, 3.05) is 24.2 Å². The molecular formula is C19H20FN10O7P2+. The van der Waals surface area contributed by atoms with Gasteiger partial charge in [0.05, 0.1) is 12.2 Å². The zero-order valence-corrected chi connectivity index (χ0v) is 21.6. The van der Waals surface area contributed by atoms with Gasteiger partial charge in [0.15, 0.2) is 41.3 Å². The SMILES string of the molecule is Nc1nc2c(ncn2C2O[C@H]3C[C@@H]2O[P+](=O)OCC2OC(F)(n4cnc5c(N)ncnc54)C2CPO3)c(=O)[nH]1. The number of aromatic nitrogens is 8. The zero-order chi connectivity index (χ0) is 26.9. The molecule has 204 valence electrons. The second-order valence-corrected chi connectivity index (χ2v) is 10.9. The number of nitrogens with two attached hydrogens (primary N) is 2. The number of anilines is 2. The summed E-state index contributed by atoms with van der Waals surface area (Å²) in [5, 5.41) is 0. The van der Waals surface area contributed by atoms with Crippen molar-refractivity contribution in [1.29, 1.82) is 0 Å². The number of hydrogen-bond donors (Lipinski definition) is 3. The number of halogens is 1. The van der Waals surface area contributed by atoms with Gasteiger partial charge in [-0.15, -0.1) is 9.05 Å². The van der Waals surface area contributed by atoms with E-state index in [1.54, 1.807) is 0 Å². The lowest BCUT2D eigenvalue weighted by Crippen LogP contribution is -2.60. The highest BCUT2D eigenvalue weighted by Gasteiger charge is 2.60. The number of alkyl halides is 1. The van der Waals surface area contributed by atoms with Crippen molar-refractivity contribution in [1.82, 2.24) is 39.0 Å². The van der Waals surface area contributed by atoms with Gasteiger partial charge in [-0.25, -0.2) is 19.9 Å². The van der Waals surface area contributed by atoms with Gasteiger partial charge in [-0.2, -0.15) is 9.37 Å². The van der Waals surface area contributed by atoms with Crippen molar-refractivity contribution >= 4 is 51.2 Å². The van der Waals surface area contributed by atoms with Crippen molar-refractivity contribution in [3.05, 3.63) is 29.3 Å². The Balaban J connectivity index is 1.15. The monoisotopic (exact) mass is 581 g/mol. The minimum absolute atomic E-state index is 0.0448. The zero-order valence-electron chi connectivity index (χ0n) is 19.7. The van der Waals surface area contributed by atoms with E-state index in [4.69, 9.17) is 34.5 Å². The number of fused-ring (bicyclic) bond motifs is 5.